The maximum Gasteiger partial charge on any atom is 0.337 e. The number of halogens is 2. The molecule has 3 nitrogen and oxygen atoms in total. The Morgan fingerprint density at radius 3 is 2.86 bits per heavy atom. The van der Waals surface area contributed by atoms with E-state index < -0.39 is 5.97 Å². The van der Waals surface area contributed by atoms with E-state index in [9.17, 15) is 4.79 Å². The molecule has 0 saturated carbocycles. The molecule has 72 valence electrons. The summed E-state index contributed by atoms with van der Waals surface area (Å²) in [4.78, 5) is 14.6. The van der Waals surface area contributed by atoms with Crippen molar-refractivity contribution in [1.82, 2.24) is 4.98 Å². The third-order valence-electron chi connectivity index (χ3n) is 1.72. The molecule has 0 aliphatic rings. The second-order valence-electron chi connectivity index (χ2n) is 2.56. The highest BCUT2D eigenvalue weighted by molar-refractivity contribution is 7.23. The fraction of sp³-hybridized carbons (Fsp3) is 0. The van der Waals surface area contributed by atoms with E-state index in [1.54, 1.807) is 6.07 Å². The number of nitrogens with zero attached hydrogens (tertiary/aromatic N) is 1. The smallest absolute Gasteiger partial charge is 0.337 e. The lowest BCUT2D eigenvalue weighted by molar-refractivity contribution is 0.0698. The summed E-state index contributed by atoms with van der Waals surface area (Å²) in [5.41, 5.74) is 0.118. The molecule has 2 heterocycles. The molecule has 0 amide bonds. The monoisotopic (exact) mass is 247 g/mol. The number of aromatic carboxylic acids is 1. The number of carboxylic acids is 1. The van der Waals surface area contributed by atoms with Crippen LogP contribution in [-0.2, 0) is 0 Å². The quantitative estimate of drug-likeness (QED) is 0.787. The van der Waals surface area contributed by atoms with E-state index in [0.717, 1.165) is 0 Å². The molecule has 0 fully saturated rings. The molecule has 6 heteroatoms. The van der Waals surface area contributed by atoms with Gasteiger partial charge in [0.2, 0.25) is 0 Å². The third-order valence-corrected chi connectivity index (χ3v) is 3.39. The van der Waals surface area contributed by atoms with Gasteiger partial charge < -0.3 is 5.11 Å². The van der Waals surface area contributed by atoms with E-state index in [1.807, 2.05) is 0 Å². The van der Waals surface area contributed by atoms with Crippen molar-refractivity contribution in [3.05, 3.63) is 27.3 Å². The van der Waals surface area contributed by atoms with Crippen LogP contribution in [0.2, 0.25) is 9.49 Å². The van der Waals surface area contributed by atoms with Gasteiger partial charge in [0, 0.05) is 11.6 Å². The van der Waals surface area contributed by atoms with Crippen LogP contribution in [0.15, 0.2) is 12.3 Å². The summed E-state index contributed by atoms with van der Waals surface area (Å²) >= 11 is 12.8. The number of hydrogen-bond acceptors (Lipinski definition) is 3. The maximum atomic E-state index is 10.8. The SMILES string of the molecule is O=C(O)c1cnc(Cl)c2sc(Cl)cc12. The Kier molecular flexibility index (Phi) is 2.34. The van der Waals surface area contributed by atoms with E-state index in [2.05, 4.69) is 4.98 Å². The molecule has 0 unspecified atom stereocenters. The fourth-order valence-electron chi connectivity index (χ4n) is 1.13. The van der Waals surface area contributed by atoms with Crippen molar-refractivity contribution in [3.63, 3.8) is 0 Å². The summed E-state index contributed by atoms with van der Waals surface area (Å²) in [6.07, 6.45) is 1.23. The Bertz CT molecular complexity index is 523. The zero-order valence-electron chi connectivity index (χ0n) is 6.62. The number of rotatable bonds is 1. The lowest BCUT2D eigenvalue weighted by Gasteiger charge is -1.96. The molecule has 0 aliphatic carbocycles. The first-order valence-corrected chi connectivity index (χ1v) is 5.13. The second-order valence-corrected chi connectivity index (χ2v) is 4.60. The zero-order chi connectivity index (χ0) is 10.3. The van der Waals surface area contributed by atoms with Gasteiger partial charge in [-0.2, -0.15) is 0 Å². The minimum atomic E-state index is -1.03. The molecular formula is C8H3Cl2NO2S. The Balaban J connectivity index is 2.87. The largest absolute Gasteiger partial charge is 0.478 e. The standard InChI is InChI=1S/C8H3Cl2NO2S/c9-5-1-3-4(8(12)13)2-11-7(10)6(3)14-5/h1-2H,(H,12,13). The van der Waals surface area contributed by atoms with E-state index >= 15 is 0 Å². The zero-order valence-corrected chi connectivity index (χ0v) is 8.95. The van der Waals surface area contributed by atoms with Crippen LogP contribution in [0, 0.1) is 0 Å². The summed E-state index contributed by atoms with van der Waals surface area (Å²) in [6, 6.07) is 1.58. The van der Waals surface area contributed by atoms with E-state index in [0.29, 0.717) is 14.4 Å². The van der Waals surface area contributed by atoms with Gasteiger partial charge in [0.05, 0.1) is 14.6 Å². The van der Waals surface area contributed by atoms with E-state index in [-0.39, 0.29) is 10.7 Å². The predicted molar refractivity (Wildman–Crippen MR) is 56.6 cm³/mol. The van der Waals surface area contributed by atoms with Gasteiger partial charge >= 0.3 is 5.97 Å². The lowest BCUT2D eigenvalue weighted by atomic mass is 10.2. The molecule has 0 spiro atoms. The Morgan fingerprint density at radius 1 is 1.50 bits per heavy atom. The first-order chi connectivity index (χ1) is 6.59. The van der Waals surface area contributed by atoms with Crippen molar-refractivity contribution in [3.8, 4) is 0 Å². The average Bonchev–Trinajstić information content (AvgIpc) is 2.47. The number of aromatic nitrogens is 1. The first-order valence-electron chi connectivity index (χ1n) is 3.56. The molecule has 14 heavy (non-hydrogen) atoms. The van der Waals surface area contributed by atoms with Crippen LogP contribution >= 0.6 is 34.5 Å². The third kappa shape index (κ3) is 1.45. The summed E-state index contributed by atoms with van der Waals surface area (Å²) < 4.78 is 1.11. The van der Waals surface area contributed by atoms with Crippen molar-refractivity contribution >= 4 is 50.6 Å². The molecule has 2 rings (SSSR count). The topological polar surface area (TPSA) is 50.2 Å². The van der Waals surface area contributed by atoms with Crippen LogP contribution in [0.4, 0.5) is 0 Å². The van der Waals surface area contributed by atoms with E-state index in [1.165, 1.54) is 17.5 Å². The molecule has 1 N–H and O–H groups in total. The van der Waals surface area contributed by atoms with Gasteiger partial charge in [-0.15, -0.1) is 11.3 Å². The Morgan fingerprint density at radius 2 is 2.21 bits per heavy atom. The summed E-state index contributed by atoms with van der Waals surface area (Å²) in [5, 5.41) is 9.68. The van der Waals surface area contributed by atoms with Crippen LogP contribution in [0.1, 0.15) is 10.4 Å². The molecule has 0 saturated heterocycles. The van der Waals surface area contributed by atoms with Crippen LogP contribution in [0.25, 0.3) is 10.1 Å². The van der Waals surface area contributed by atoms with E-state index in [4.69, 9.17) is 28.3 Å². The lowest BCUT2D eigenvalue weighted by Crippen LogP contribution is -1.97. The normalized spacial score (nSPS) is 10.7. The van der Waals surface area contributed by atoms with Gasteiger partial charge in [0.25, 0.3) is 0 Å². The Hall–Kier alpha value is -0.840. The first kappa shape index (κ1) is 9.71. The molecule has 0 aromatic carbocycles. The number of carboxylic acid groups (broad SMARTS) is 1. The van der Waals surface area contributed by atoms with Crippen molar-refractivity contribution in [2.75, 3.05) is 0 Å². The van der Waals surface area contributed by atoms with Gasteiger partial charge in [-0.05, 0) is 6.07 Å². The van der Waals surface area contributed by atoms with Crippen molar-refractivity contribution in [2.24, 2.45) is 0 Å². The highest BCUT2D eigenvalue weighted by Gasteiger charge is 2.14. The number of thiophene rings is 1. The summed E-state index contributed by atoms with van der Waals surface area (Å²) in [5.74, 6) is -1.03. The van der Waals surface area contributed by atoms with Crippen LogP contribution < -0.4 is 0 Å². The van der Waals surface area contributed by atoms with Gasteiger partial charge in [0.15, 0.2) is 0 Å². The molecule has 0 aliphatic heterocycles. The van der Waals surface area contributed by atoms with Gasteiger partial charge in [0.1, 0.15) is 5.15 Å². The van der Waals surface area contributed by atoms with Crippen molar-refractivity contribution < 1.29 is 9.90 Å². The summed E-state index contributed by atoms with van der Waals surface area (Å²) in [7, 11) is 0. The highest BCUT2D eigenvalue weighted by atomic mass is 35.5. The second kappa shape index (κ2) is 3.38. The minimum Gasteiger partial charge on any atom is -0.478 e. The van der Waals surface area contributed by atoms with Crippen LogP contribution in [0.3, 0.4) is 0 Å². The Labute approximate surface area is 92.9 Å². The van der Waals surface area contributed by atoms with Crippen molar-refractivity contribution in [1.29, 1.82) is 0 Å². The fourth-order valence-corrected chi connectivity index (χ4v) is 2.53. The van der Waals surface area contributed by atoms with Gasteiger partial charge in [-0.1, -0.05) is 23.2 Å². The number of hydrogen-bond donors (Lipinski definition) is 1. The van der Waals surface area contributed by atoms with Gasteiger partial charge in [-0.25, -0.2) is 9.78 Å². The predicted octanol–water partition coefficient (Wildman–Crippen LogP) is 3.30. The van der Waals surface area contributed by atoms with Gasteiger partial charge in [-0.3, -0.25) is 0 Å². The van der Waals surface area contributed by atoms with Crippen LogP contribution in [-0.4, -0.2) is 16.1 Å². The molecule has 2 aromatic heterocycles. The summed E-state index contributed by atoms with van der Waals surface area (Å²) in [6.45, 7) is 0. The molecule has 0 bridgehead atoms. The number of pyridine rings is 1. The maximum absolute atomic E-state index is 10.8. The molecule has 2 aromatic rings. The van der Waals surface area contributed by atoms with Crippen LogP contribution in [0.5, 0.6) is 0 Å². The average molecular weight is 248 g/mol. The van der Waals surface area contributed by atoms with Crippen molar-refractivity contribution in [2.45, 2.75) is 0 Å². The minimum absolute atomic E-state index is 0.118. The number of fused-ring (bicyclic) bond motifs is 1. The molecular weight excluding hydrogens is 245 g/mol. The molecule has 0 radical (unpaired) electrons. The highest BCUT2D eigenvalue weighted by Crippen LogP contribution is 2.35. The number of carbonyl (C=O) groups is 1. The molecule has 0 atom stereocenters.